The van der Waals surface area contributed by atoms with E-state index in [-0.39, 0.29) is 0 Å². The highest BCUT2D eigenvalue weighted by Gasteiger charge is 2.16. The second-order valence-electron chi connectivity index (χ2n) is 5.65. The van der Waals surface area contributed by atoms with Gasteiger partial charge in [-0.25, -0.2) is 15.0 Å². The number of hydrogen-bond acceptors (Lipinski definition) is 5. The molecule has 1 aliphatic rings. The minimum absolute atomic E-state index is 0.400. The maximum Gasteiger partial charge on any atom is 0.143 e. The maximum absolute atomic E-state index is 4.29. The van der Waals surface area contributed by atoms with Crippen LogP contribution in [0.5, 0.6) is 0 Å². The molecule has 0 fully saturated rings. The van der Waals surface area contributed by atoms with E-state index in [0.717, 1.165) is 31.0 Å². The van der Waals surface area contributed by atoms with Crippen LogP contribution >= 0.6 is 0 Å². The van der Waals surface area contributed by atoms with Crippen LogP contribution in [0.2, 0.25) is 0 Å². The molecule has 0 amide bonds. The molecule has 1 unspecified atom stereocenters. The van der Waals surface area contributed by atoms with Crippen LogP contribution in [0.1, 0.15) is 12.0 Å². The molecule has 0 aliphatic carbocycles. The standard InChI is InChI=1S/C17H18N6/c1-2-4-15-13(3-1)5-6-14(22-15)10-19-16-9-17(21-11-20-16)23-8-7-18-12-23/h1-4,7-9,11-12,14,22H,5-6,10H2,(H,19,20,21). The highest BCUT2D eigenvalue weighted by atomic mass is 15.1. The van der Waals surface area contributed by atoms with Crippen molar-refractivity contribution in [3.8, 4) is 5.82 Å². The number of nitrogens with zero attached hydrogens (tertiary/aromatic N) is 4. The van der Waals surface area contributed by atoms with Crippen LogP contribution in [-0.4, -0.2) is 32.1 Å². The van der Waals surface area contributed by atoms with Gasteiger partial charge in [-0.05, 0) is 24.5 Å². The molecule has 1 atom stereocenters. The third-order valence-electron chi connectivity index (χ3n) is 4.09. The Morgan fingerprint density at radius 3 is 3.13 bits per heavy atom. The molecule has 4 rings (SSSR count). The number of benzene rings is 1. The molecule has 116 valence electrons. The van der Waals surface area contributed by atoms with Crippen LogP contribution in [-0.2, 0) is 6.42 Å². The van der Waals surface area contributed by atoms with Crippen molar-refractivity contribution < 1.29 is 0 Å². The third-order valence-corrected chi connectivity index (χ3v) is 4.09. The van der Waals surface area contributed by atoms with E-state index in [1.165, 1.54) is 11.3 Å². The highest BCUT2D eigenvalue weighted by Crippen LogP contribution is 2.24. The van der Waals surface area contributed by atoms with E-state index in [0.29, 0.717) is 6.04 Å². The number of imidazole rings is 1. The minimum Gasteiger partial charge on any atom is -0.380 e. The van der Waals surface area contributed by atoms with Crippen molar-refractivity contribution in [1.82, 2.24) is 19.5 Å². The van der Waals surface area contributed by atoms with E-state index in [1.54, 1.807) is 18.9 Å². The van der Waals surface area contributed by atoms with E-state index in [2.05, 4.69) is 49.9 Å². The fourth-order valence-electron chi connectivity index (χ4n) is 2.86. The first kappa shape index (κ1) is 13.8. The van der Waals surface area contributed by atoms with E-state index in [9.17, 15) is 0 Å². The average Bonchev–Trinajstić information content (AvgIpc) is 3.15. The molecule has 0 saturated carbocycles. The molecule has 0 bridgehead atoms. The van der Waals surface area contributed by atoms with Gasteiger partial charge in [-0.2, -0.15) is 0 Å². The van der Waals surface area contributed by atoms with Crippen molar-refractivity contribution in [1.29, 1.82) is 0 Å². The predicted octanol–water partition coefficient (Wildman–Crippen LogP) is 2.50. The van der Waals surface area contributed by atoms with Gasteiger partial charge in [0.2, 0.25) is 0 Å². The summed E-state index contributed by atoms with van der Waals surface area (Å²) < 4.78 is 1.86. The zero-order valence-electron chi connectivity index (χ0n) is 12.7. The van der Waals surface area contributed by atoms with Gasteiger partial charge in [0.25, 0.3) is 0 Å². The van der Waals surface area contributed by atoms with Crippen LogP contribution in [0.15, 0.2) is 55.4 Å². The zero-order valence-corrected chi connectivity index (χ0v) is 12.7. The molecule has 3 aromatic rings. The van der Waals surface area contributed by atoms with Gasteiger partial charge in [0.05, 0.1) is 0 Å². The van der Waals surface area contributed by atoms with Crippen molar-refractivity contribution in [2.45, 2.75) is 18.9 Å². The van der Waals surface area contributed by atoms with Gasteiger partial charge in [0, 0.05) is 36.7 Å². The summed E-state index contributed by atoms with van der Waals surface area (Å²) in [5, 5.41) is 6.99. The van der Waals surface area contributed by atoms with Gasteiger partial charge in [-0.1, -0.05) is 18.2 Å². The lowest BCUT2D eigenvalue weighted by Crippen LogP contribution is -2.32. The molecule has 0 radical (unpaired) electrons. The smallest absolute Gasteiger partial charge is 0.143 e. The number of aromatic nitrogens is 4. The molecule has 6 heteroatoms. The van der Waals surface area contributed by atoms with Crippen LogP contribution in [0.3, 0.4) is 0 Å². The van der Waals surface area contributed by atoms with Gasteiger partial charge < -0.3 is 10.6 Å². The van der Waals surface area contributed by atoms with E-state index < -0.39 is 0 Å². The third kappa shape index (κ3) is 3.01. The molecule has 23 heavy (non-hydrogen) atoms. The lowest BCUT2D eigenvalue weighted by Gasteiger charge is -2.27. The first-order valence-electron chi connectivity index (χ1n) is 7.77. The fraction of sp³-hybridized carbons (Fsp3) is 0.235. The summed E-state index contributed by atoms with van der Waals surface area (Å²) >= 11 is 0. The number of anilines is 2. The van der Waals surface area contributed by atoms with E-state index >= 15 is 0 Å². The predicted molar refractivity (Wildman–Crippen MR) is 89.8 cm³/mol. The molecule has 3 heterocycles. The Balaban J connectivity index is 1.41. The van der Waals surface area contributed by atoms with Gasteiger partial charge in [-0.3, -0.25) is 4.57 Å². The maximum atomic E-state index is 4.29. The van der Waals surface area contributed by atoms with Crippen LogP contribution in [0, 0.1) is 0 Å². The molecule has 0 saturated heterocycles. The van der Waals surface area contributed by atoms with Crippen LogP contribution in [0.25, 0.3) is 5.82 Å². The molecule has 1 aromatic carbocycles. The van der Waals surface area contributed by atoms with E-state index in [1.807, 2.05) is 16.8 Å². The van der Waals surface area contributed by atoms with Gasteiger partial charge >= 0.3 is 0 Å². The number of aryl methyl sites for hydroxylation is 1. The summed E-state index contributed by atoms with van der Waals surface area (Å²) in [6.07, 6.45) is 9.13. The average molecular weight is 306 g/mol. The van der Waals surface area contributed by atoms with Crippen LogP contribution in [0.4, 0.5) is 11.5 Å². The van der Waals surface area contributed by atoms with Crippen molar-refractivity contribution in [3.63, 3.8) is 0 Å². The van der Waals surface area contributed by atoms with Gasteiger partial charge in [0.1, 0.15) is 24.3 Å². The molecular weight excluding hydrogens is 288 g/mol. The molecule has 2 aromatic heterocycles. The van der Waals surface area contributed by atoms with Crippen molar-refractivity contribution in [2.24, 2.45) is 0 Å². The second-order valence-corrected chi connectivity index (χ2v) is 5.65. The molecular formula is C17H18N6. The first-order valence-corrected chi connectivity index (χ1v) is 7.77. The SMILES string of the molecule is c1ccc2c(c1)CCC(CNc1cc(-n3ccnc3)ncn1)N2. The lowest BCUT2D eigenvalue weighted by molar-refractivity contribution is 0.653. The summed E-state index contributed by atoms with van der Waals surface area (Å²) in [6, 6.07) is 10.8. The summed E-state index contributed by atoms with van der Waals surface area (Å²) in [6.45, 7) is 0.828. The molecule has 6 nitrogen and oxygen atoms in total. The summed E-state index contributed by atoms with van der Waals surface area (Å²) in [5.74, 6) is 1.63. The van der Waals surface area contributed by atoms with Gasteiger partial charge in [-0.15, -0.1) is 0 Å². The largest absolute Gasteiger partial charge is 0.380 e. The van der Waals surface area contributed by atoms with Crippen molar-refractivity contribution in [3.05, 3.63) is 60.9 Å². The quantitative estimate of drug-likeness (QED) is 0.775. The summed E-state index contributed by atoms with van der Waals surface area (Å²) in [7, 11) is 0. The van der Waals surface area contributed by atoms with Crippen LogP contribution < -0.4 is 10.6 Å². The Morgan fingerprint density at radius 1 is 1.26 bits per heavy atom. The number of hydrogen-bond donors (Lipinski definition) is 2. The summed E-state index contributed by atoms with van der Waals surface area (Å²) in [4.78, 5) is 12.6. The van der Waals surface area contributed by atoms with Crippen molar-refractivity contribution >= 4 is 11.5 Å². The monoisotopic (exact) mass is 306 g/mol. The highest BCUT2D eigenvalue weighted by molar-refractivity contribution is 5.54. The topological polar surface area (TPSA) is 67.7 Å². The number of rotatable bonds is 4. The van der Waals surface area contributed by atoms with Crippen molar-refractivity contribution in [2.75, 3.05) is 17.2 Å². The first-order chi connectivity index (χ1) is 11.4. The number of nitrogens with one attached hydrogen (secondary N) is 2. The molecule has 0 spiro atoms. The van der Waals surface area contributed by atoms with Gasteiger partial charge in [0.15, 0.2) is 0 Å². The number of fused-ring (bicyclic) bond motifs is 1. The fourth-order valence-corrected chi connectivity index (χ4v) is 2.86. The lowest BCUT2D eigenvalue weighted by atomic mass is 9.98. The zero-order chi connectivity index (χ0) is 15.5. The Bertz CT molecular complexity index is 783. The minimum atomic E-state index is 0.400. The Hall–Kier alpha value is -2.89. The Kier molecular flexibility index (Phi) is 3.63. The Morgan fingerprint density at radius 2 is 2.22 bits per heavy atom. The van der Waals surface area contributed by atoms with E-state index in [4.69, 9.17) is 0 Å². The second kappa shape index (κ2) is 6.08. The molecule has 2 N–H and O–H groups in total. The number of para-hydroxylation sites is 1. The Labute approximate surface area is 134 Å². The normalized spacial score (nSPS) is 16.4. The molecule has 1 aliphatic heterocycles. The summed E-state index contributed by atoms with van der Waals surface area (Å²) in [5.41, 5.74) is 2.64.